The van der Waals surface area contributed by atoms with E-state index in [1.165, 1.54) is 11.8 Å². The molecule has 9 heteroatoms. The van der Waals surface area contributed by atoms with Crippen LogP contribution >= 0.6 is 11.8 Å². The third-order valence-electron chi connectivity index (χ3n) is 4.83. The molecule has 4 aromatic heterocycles. The fourth-order valence-electron chi connectivity index (χ4n) is 3.22. The van der Waals surface area contributed by atoms with Gasteiger partial charge < -0.3 is 4.52 Å². The lowest BCUT2D eigenvalue weighted by molar-refractivity contribution is 0.380. The first kappa shape index (κ1) is 20.1. The lowest BCUT2D eigenvalue weighted by Gasteiger charge is -2.12. The van der Waals surface area contributed by atoms with Gasteiger partial charge in [-0.1, -0.05) is 47.3 Å². The fraction of sp³-hybridized carbons (Fsp3) is 0.130. The Hall–Kier alpha value is -3.85. The third kappa shape index (κ3) is 4.28. The van der Waals surface area contributed by atoms with Crippen molar-refractivity contribution in [2.75, 3.05) is 0 Å². The number of hydrogen-bond acceptors (Lipinski definition) is 8. The Morgan fingerprint density at radius 3 is 2.53 bits per heavy atom. The summed E-state index contributed by atoms with van der Waals surface area (Å²) in [7, 11) is 0. The lowest BCUT2D eigenvalue weighted by atomic mass is 10.2. The van der Waals surface area contributed by atoms with E-state index in [0.29, 0.717) is 18.3 Å². The van der Waals surface area contributed by atoms with Crippen molar-refractivity contribution in [2.24, 2.45) is 0 Å². The topological polar surface area (TPSA) is 95.4 Å². The van der Waals surface area contributed by atoms with Crippen molar-refractivity contribution in [3.05, 3.63) is 90.8 Å². The SMILES string of the molecule is CC(Sc1nnc(-c2cccnc2)n1Cc1ccccc1)c1nc(-c2ccncc2)no1. The number of benzene rings is 1. The molecule has 0 aliphatic heterocycles. The Morgan fingerprint density at radius 2 is 1.75 bits per heavy atom. The van der Waals surface area contributed by atoms with Gasteiger partial charge in [0.25, 0.3) is 0 Å². The van der Waals surface area contributed by atoms with E-state index in [9.17, 15) is 0 Å². The van der Waals surface area contributed by atoms with Crippen molar-refractivity contribution in [1.29, 1.82) is 0 Å². The summed E-state index contributed by atoms with van der Waals surface area (Å²) in [5.74, 6) is 1.83. The van der Waals surface area contributed by atoms with Gasteiger partial charge in [0.2, 0.25) is 11.7 Å². The molecular formula is C23H19N7OS. The van der Waals surface area contributed by atoms with E-state index in [0.717, 1.165) is 27.7 Å². The molecule has 0 N–H and O–H groups in total. The molecule has 8 nitrogen and oxygen atoms in total. The fourth-order valence-corrected chi connectivity index (χ4v) is 4.10. The van der Waals surface area contributed by atoms with E-state index >= 15 is 0 Å². The second kappa shape index (κ2) is 9.11. The zero-order valence-electron chi connectivity index (χ0n) is 17.2. The number of pyridine rings is 2. The summed E-state index contributed by atoms with van der Waals surface area (Å²) < 4.78 is 7.62. The minimum atomic E-state index is -0.112. The largest absolute Gasteiger partial charge is 0.338 e. The number of rotatable bonds is 7. The van der Waals surface area contributed by atoms with Crippen LogP contribution in [0.4, 0.5) is 0 Å². The van der Waals surface area contributed by atoms with Crippen LogP contribution in [0.1, 0.15) is 23.6 Å². The van der Waals surface area contributed by atoms with Gasteiger partial charge in [-0.25, -0.2) is 0 Å². The van der Waals surface area contributed by atoms with Crippen molar-refractivity contribution in [3.8, 4) is 22.8 Å². The Balaban J connectivity index is 1.44. The second-order valence-corrected chi connectivity index (χ2v) is 8.38. The highest BCUT2D eigenvalue weighted by Crippen LogP contribution is 2.35. The van der Waals surface area contributed by atoms with Crippen molar-refractivity contribution < 1.29 is 4.52 Å². The lowest BCUT2D eigenvalue weighted by Crippen LogP contribution is -2.05. The molecular weight excluding hydrogens is 422 g/mol. The first-order valence-electron chi connectivity index (χ1n) is 10.1. The number of hydrogen-bond donors (Lipinski definition) is 0. The molecule has 0 aliphatic carbocycles. The van der Waals surface area contributed by atoms with E-state index in [-0.39, 0.29) is 5.25 Å². The molecule has 0 spiro atoms. The molecule has 32 heavy (non-hydrogen) atoms. The van der Waals surface area contributed by atoms with E-state index in [1.807, 2.05) is 49.4 Å². The molecule has 0 radical (unpaired) electrons. The van der Waals surface area contributed by atoms with Gasteiger partial charge in [-0.3, -0.25) is 14.5 Å². The molecule has 158 valence electrons. The molecule has 1 atom stereocenters. The molecule has 5 aromatic rings. The van der Waals surface area contributed by atoms with Crippen molar-refractivity contribution in [3.63, 3.8) is 0 Å². The standard InChI is InChI=1S/C23H19N7OS/c1-16(22-26-20(29-31-22)18-9-12-24-13-10-18)32-23-28-27-21(19-8-5-11-25-14-19)30(23)15-17-6-3-2-4-7-17/h2-14,16H,15H2,1H3. The van der Waals surface area contributed by atoms with Crippen LogP contribution in [0.5, 0.6) is 0 Å². The quantitative estimate of drug-likeness (QED) is 0.336. The molecule has 5 rings (SSSR count). The normalized spacial score (nSPS) is 12.0. The Labute approximate surface area is 188 Å². The van der Waals surface area contributed by atoms with Crippen LogP contribution in [-0.2, 0) is 6.54 Å². The predicted molar refractivity (Wildman–Crippen MR) is 121 cm³/mol. The first-order chi connectivity index (χ1) is 15.8. The molecule has 1 aromatic carbocycles. The van der Waals surface area contributed by atoms with Gasteiger partial charge in [-0.15, -0.1) is 10.2 Å². The second-order valence-electron chi connectivity index (χ2n) is 7.07. The first-order valence-corrected chi connectivity index (χ1v) is 10.9. The van der Waals surface area contributed by atoms with Gasteiger partial charge in [0.05, 0.1) is 11.8 Å². The van der Waals surface area contributed by atoms with E-state index in [4.69, 9.17) is 4.52 Å². The zero-order valence-corrected chi connectivity index (χ0v) is 18.1. The minimum Gasteiger partial charge on any atom is -0.338 e. The van der Waals surface area contributed by atoms with Gasteiger partial charge >= 0.3 is 0 Å². The van der Waals surface area contributed by atoms with Gasteiger partial charge in [0, 0.05) is 35.9 Å². The van der Waals surface area contributed by atoms with E-state index < -0.39 is 0 Å². The smallest absolute Gasteiger partial charge is 0.240 e. The highest BCUT2D eigenvalue weighted by molar-refractivity contribution is 7.99. The van der Waals surface area contributed by atoms with Crippen LogP contribution < -0.4 is 0 Å². The van der Waals surface area contributed by atoms with Crippen LogP contribution in [0.25, 0.3) is 22.8 Å². The summed E-state index contributed by atoms with van der Waals surface area (Å²) in [6, 6.07) is 17.8. The molecule has 0 amide bonds. The van der Waals surface area contributed by atoms with Crippen LogP contribution in [0, 0.1) is 0 Å². The minimum absolute atomic E-state index is 0.112. The van der Waals surface area contributed by atoms with E-state index in [1.54, 1.807) is 24.8 Å². The van der Waals surface area contributed by atoms with Gasteiger partial charge in [0.1, 0.15) is 0 Å². The average molecular weight is 442 g/mol. The molecule has 0 bridgehead atoms. The summed E-state index contributed by atoms with van der Waals surface area (Å²) in [6.07, 6.45) is 6.95. The third-order valence-corrected chi connectivity index (χ3v) is 5.90. The average Bonchev–Trinajstić information content (AvgIpc) is 3.49. The van der Waals surface area contributed by atoms with Crippen LogP contribution in [0.2, 0.25) is 0 Å². The highest BCUT2D eigenvalue weighted by atomic mass is 32.2. The maximum Gasteiger partial charge on any atom is 0.240 e. The Bertz CT molecular complexity index is 1290. The molecule has 0 saturated carbocycles. The number of thioether (sulfide) groups is 1. The van der Waals surface area contributed by atoms with Gasteiger partial charge in [0.15, 0.2) is 11.0 Å². The summed E-state index contributed by atoms with van der Waals surface area (Å²) >= 11 is 1.53. The number of nitrogens with zero attached hydrogens (tertiary/aromatic N) is 7. The van der Waals surface area contributed by atoms with Crippen LogP contribution in [-0.4, -0.2) is 34.9 Å². The van der Waals surface area contributed by atoms with Gasteiger partial charge in [-0.2, -0.15) is 4.98 Å². The van der Waals surface area contributed by atoms with Crippen LogP contribution in [0.15, 0.2) is 89.1 Å². The maximum atomic E-state index is 5.53. The summed E-state index contributed by atoms with van der Waals surface area (Å²) in [6.45, 7) is 2.65. The summed E-state index contributed by atoms with van der Waals surface area (Å²) in [4.78, 5) is 12.8. The van der Waals surface area contributed by atoms with Crippen molar-refractivity contribution in [2.45, 2.75) is 23.9 Å². The van der Waals surface area contributed by atoms with E-state index in [2.05, 4.69) is 47.0 Å². The molecule has 4 heterocycles. The summed E-state index contributed by atoms with van der Waals surface area (Å²) in [5.41, 5.74) is 2.93. The van der Waals surface area contributed by atoms with Crippen molar-refractivity contribution >= 4 is 11.8 Å². The molecule has 0 aliphatic rings. The molecule has 0 fully saturated rings. The van der Waals surface area contributed by atoms with Gasteiger partial charge in [-0.05, 0) is 36.8 Å². The monoisotopic (exact) mass is 441 g/mol. The summed E-state index contributed by atoms with van der Waals surface area (Å²) in [5, 5.41) is 13.7. The Morgan fingerprint density at radius 1 is 0.906 bits per heavy atom. The molecule has 0 saturated heterocycles. The maximum absolute atomic E-state index is 5.53. The predicted octanol–water partition coefficient (Wildman–Crippen LogP) is 4.69. The van der Waals surface area contributed by atoms with Crippen LogP contribution in [0.3, 0.4) is 0 Å². The highest BCUT2D eigenvalue weighted by Gasteiger charge is 2.22. The molecule has 1 unspecified atom stereocenters. The number of aromatic nitrogens is 7. The van der Waals surface area contributed by atoms with Crippen molar-refractivity contribution in [1.82, 2.24) is 34.9 Å². The zero-order chi connectivity index (χ0) is 21.8. The Kier molecular flexibility index (Phi) is 5.71.